The van der Waals surface area contributed by atoms with Gasteiger partial charge in [-0.3, -0.25) is 19.7 Å². The largest absolute Gasteiger partial charge is 0.322 e. The predicted molar refractivity (Wildman–Crippen MR) is 142 cm³/mol. The molecule has 4 saturated carbocycles. The molecule has 2 aliphatic heterocycles. The van der Waals surface area contributed by atoms with Crippen LogP contribution >= 0.6 is 23.1 Å². The Balaban J connectivity index is 1.00. The maximum Gasteiger partial charge on any atom is 0.258 e. The summed E-state index contributed by atoms with van der Waals surface area (Å²) in [6.45, 7) is 0.966. The first-order chi connectivity index (χ1) is 18.4. The van der Waals surface area contributed by atoms with Crippen molar-refractivity contribution < 1.29 is 18.8 Å². The Morgan fingerprint density at radius 2 is 1.87 bits per heavy atom. The third-order valence-corrected chi connectivity index (χ3v) is 11.4. The normalized spacial score (nSPS) is 31.7. The fourth-order valence-corrected chi connectivity index (χ4v) is 9.86. The maximum atomic E-state index is 14.7. The smallest absolute Gasteiger partial charge is 0.258 e. The van der Waals surface area contributed by atoms with Gasteiger partial charge in [0.1, 0.15) is 16.9 Å². The van der Waals surface area contributed by atoms with Crippen LogP contribution < -0.4 is 10.6 Å². The second-order valence-corrected chi connectivity index (χ2v) is 13.8. The van der Waals surface area contributed by atoms with Gasteiger partial charge in [-0.1, -0.05) is 0 Å². The molecule has 4 bridgehead atoms. The molecular weight excluding hydrogens is 523 g/mol. The Kier molecular flexibility index (Phi) is 6.12. The summed E-state index contributed by atoms with van der Waals surface area (Å²) in [4.78, 5) is 44.1. The van der Waals surface area contributed by atoms with Crippen molar-refractivity contribution in [3.05, 3.63) is 45.2 Å². The summed E-state index contributed by atoms with van der Waals surface area (Å²) in [5.74, 6) is 1.47. The highest BCUT2D eigenvalue weighted by molar-refractivity contribution is 7.98. The first-order valence-corrected chi connectivity index (χ1v) is 15.5. The van der Waals surface area contributed by atoms with Gasteiger partial charge in [-0.05, 0) is 74.8 Å². The molecule has 1 aromatic heterocycles. The molecule has 0 radical (unpaired) electrons. The van der Waals surface area contributed by atoms with E-state index in [1.54, 1.807) is 29.2 Å². The van der Waals surface area contributed by atoms with Crippen LogP contribution in [0.1, 0.15) is 78.0 Å². The molecule has 5 fully saturated rings. The number of amides is 3. The van der Waals surface area contributed by atoms with Crippen molar-refractivity contribution in [2.75, 3.05) is 0 Å². The number of thiazole rings is 1. The monoisotopic (exact) mass is 554 g/mol. The maximum absolute atomic E-state index is 14.7. The molecule has 1 aromatic carbocycles. The van der Waals surface area contributed by atoms with Gasteiger partial charge in [0, 0.05) is 40.9 Å². The first kappa shape index (κ1) is 24.7. The molecule has 200 valence electrons. The number of aromatic nitrogens is 1. The molecule has 8 rings (SSSR count). The van der Waals surface area contributed by atoms with Gasteiger partial charge in [-0.25, -0.2) is 9.37 Å². The van der Waals surface area contributed by atoms with E-state index in [0.717, 1.165) is 39.9 Å². The highest BCUT2D eigenvalue weighted by Crippen LogP contribution is 2.55. The van der Waals surface area contributed by atoms with E-state index in [4.69, 9.17) is 4.98 Å². The highest BCUT2D eigenvalue weighted by atomic mass is 32.2. The number of nitrogens with zero attached hydrogens (tertiary/aromatic N) is 2. The molecule has 1 atom stereocenters. The number of thioether (sulfide) groups is 1. The van der Waals surface area contributed by atoms with Gasteiger partial charge in [0.05, 0.1) is 17.0 Å². The fourth-order valence-electron chi connectivity index (χ4n) is 7.98. The number of carbonyl (C=O) groups excluding carboxylic acids is 3. The number of halogens is 1. The van der Waals surface area contributed by atoms with Crippen molar-refractivity contribution in [2.24, 2.45) is 17.8 Å². The lowest BCUT2D eigenvalue weighted by Gasteiger charge is -2.57. The summed E-state index contributed by atoms with van der Waals surface area (Å²) in [6.07, 6.45) is 8.68. The number of piperidine rings is 1. The Bertz CT molecular complexity index is 1290. The van der Waals surface area contributed by atoms with Crippen molar-refractivity contribution in [1.82, 2.24) is 20.5 Å². The fraction of sp³-hybridized carbons (Fsp3) is 0.571. The number of benzene rings is 1. The molecule has 0 spiro atoms. The van der Waals surface area contributed by atoms with E-state index >= 15 is 0 Å². The van der Waals surface area contributed by atoms with Gasteiger partial charge >= 0.3 is 0 Å². The SMILES string of the molecule is O=C1CCC(N2Cc3c(SCc4nc(CNC56CC7CC(CC(C7)C5)C6)cs4)ccc(F)c3C2=O)C(=O)N1. The first-order valence-electron chi connectivity index (χ1n) is 13.6. The molecule has 1 unspecified atom stereocenters. The number of imide groups is 1. The summed E-state index contributed by atoms with van der Waals surface area (Å²) in [5, 5.41) is 9.35. The number of hydrogen-bond donors (Lipinski definition) is 2. The second kappa shape index (κ2) is 9.41. The van der Waals surface area contributed by atoms with Gasteiger partial charge in [0.15, 0.2) is 0 Å². The minimum absolute atomic E-state index is 0.0410. The summed E-state index contributed by atoms with van der Waals surface area (Å²) < 4.78 is 14.7. The zero-order valence-electron chi connectivity index (χ0n) is 21.1. The summed E-state index contributed by atoms with van der Waals surface area (Å²) in [6, 6.07) is 2.28. The van der Waals surface area contributed by atoms with E-state index in [0.29, 0.717) is 16.9 Å². The van der Waals surface area contributed by atoms with Crippen LogP contribution in [0.3, 0.4) is 0 Å². The molecular formula is C28H31FN4O3S2. The molecule has 6 aliphatic rings. The van der Waals surface area contributed by atoms with E-state index < -0.39 is 23.7 Å². The van der Waals surface area contributed by atoms with Gasteiger partial charge in [0.25, 0.3) is 5.91 Å². The van der Waals surface area contributed by atoms with Crippen LogP contribution in [0, 0.1) is 23.6 Å². The molecule has 7 nitrogen and oxygen atoms in total. The van der Waals surface area contributed by atoms with E-state index in [-0.39, 0.29) is 30.9 Å². The number of nitrogens with one attached hydrogen (secondary N) is 2. The summed E-state index contributed by atoms with van der Waals surface area (Å²) >= 11 is 3.18. The lowest BCUT2D eigenvalue weighted by atomic mass is 9.53. The van der Waals surface area contributed by atoms with Crippen molar-refractivity contribution >= 4 is 40.8 Å². The van der Waals surface area contributed by atoms with Crippen LogP contribution in [-0.2, 0) is 28.4 Å². The van der Waals surface area contributed by atoms with E-state index in [1.165, 1.54) is 49.5 Å². The van der Waals surface area contributed by atoms with Crippen molar-refractivity contribution in [3.63, 3.8) is 0 Å². The number of rotatable bonds is 7. The Morgan fingerprint density at radius 3 is 2.58 bits per heavy atom. The van der Waals surface area contributed by atoms with Crippen LogP contribution in [-0.4, -0.2) is 39.2 Å². The standard InChI is InChI=1S/C28H31FN4O3S2/c29-20-1-3-22(19-12-33(27(36)25(19)20)21-2-4-23(34)32-26(21)35)37-14-24-31-18(13-38-24)11-30-28-8-15-5-16(9-28)7-17(6-15)10-28/h1,3,13,15-17,21,30H,2,4-12,14H2,(H,32,34,35). The van der Waals surface area contributed by atoms with Gasteiger partial charge < -0.3 is 10.2 Å². The summed E-state index contributed by atoms with van der Waals surface area (Å²) in [7, 11) is 0. The topological polar surface area (TPSA) is 91.4 Å². The third-order valence-electron chi connectivity index (χ3n) is 9.24. The van der Waals surface area contributed by atoms with Crippen molar-refractivity contribution in [3.8, 4) is 0 Å². The Hall–Kier alpha value is -2.30. The molecule has 38 heavy (non-hydrogen) atoms. The zero-order chi connectivity index (χ0) is 26.0. The minimum Gasteiger partial charge on any atom is -0.322 e. The second-order valence-electron chi connectivity index (χ2n) is 11.9. The van der Waals surface area contributed by atoms with E-state index in [2.05, 4.69) is 16.0 Å². The average Bonchev–Trinajstić information content (AvgIpc) is 3.47. The lowest BCUT2D eigenvalue weighted by Crippen LogP contribution is -2.58. The quantitative estimate of drug-likeness (QED) is 0.390. The van der Waals surface area contributed by atoms with E-state index in [1.807, 2.05) is 0 Å². The van der Waals surface area contributed by atoms with Gasteiger partial charge in [0.2, 0.25) is 11.8 Å². The molecule has 10 heteroatoms. The van der Waals surface area contributed by atoms with Crippen molar-refractivity contribution in [1.29, 1.82) is 0 Å². The van der Waals surface area contributed by atoms with Gasteiger partial charge in [-0.2, -0.15) is 0 Å². The van der Waals surface area contributed by atoms with Crippen LogP contribution in [0.15, 0.2) is 22.4 Å². The van der Waals surface area contributed by atoms with Gasteiger partial charge in [-0.15, -0.1) is 23.1 Å². The molecule has 2 aromatic rings. The highest BCUT2D eigenvalue weighted by Gasteiger charge is 2.50. The lowest BCUT2D eigenvalue weighted by molar-refractivity contribution is -0.136. The summed E-state index contributed by atoms with van der Waals surface area (Å²) in [5.41, 5.74) is 2.04. The van der Waals surface area contributed by atoms with Crippen LogP contribution in [0.5, 0.6) is 0 Å². The van der Waals surface area contributed by atoms with Crippen molar-refractivity contribution in [2.45, 2.75) is 86.7 Å². The minimum atomic E-state index is -0.757. The Morgan fingerprint density at radius 1 is 1.13 bits per heavy atom. The molecule has 3 amide bonds. The number of fused-ring (bicyclic) bond motifs is 1. The number of carbonyl (C=O) groups is 3. The van der Waals surface area contributed by atoms with E-state index in [9.17, 15) is 18.8 Å². The third kappa shape index (κ3) is 4.38. The molecule has 1 saturated heterocycles. The zero-order valence-corrected chi connectivity index (χ0v) is 22.8. The molecule has 2 N–H and O–H groups in total. The van der Waals surface area contributed by atoms with Crippen LogP contribution in [0.25, 0.3) is 0 Å². The molecule has 3 heterocycles. The number of hydrogen-bond acceptors (Lipinski definition) is 7. The van der Waals surface area contributed by atoms with Crippen LogP contribution in [0.2, 0.25) is 0 Å². The van der Waals surface area contributed by atoms with Crippen LogP contribution in [0.4, 0.5) is 4.39 Å². The molecule has 4 aliphatic carbocycles. The average molecular weight is 555 g/mol. The predicted octanol–water partition coefficient (Wildman–Crippen LogP) is 4.39. The Labute approximate surface area is 229 Å².